The Balaban J connectivity index is 0.00000274. The van der Waals surface area contributed by atoms with Crippen molar-refractivity contribution in [2.75, 3.05) is 0 Å². The maximum Gasteiger partial charge on any atom is 1.00 e. The van der Waals surface area contributed by atoms with Crippen LogP contribution in [0.25, 0.3) is 32.9 Å². The molecular weight excluding hydrogens is 459 g/mol. The fourth-order valence-corrected chi connectivity index (χ4v) is 4.17. The van der Waals surface area contributed by atoms with Gasteiger partial charge in [-0.25, -0.2) is 4.98 Å². The Morgan fingerprint density at radius 1 is 1.09 bits per heavy atom. The van der Waals surface area contributed by atoms with Gasteiger partial charge in [-0.1, -0.05) is 48.5 Å². The summed E-state index contributed by atoms with van der Waals surface area (Å²) in [6, 6.07) is 23.6. The molecule has 0 aliphatic carbocycles. The van der Waals surface area contributed by atoms with E-state index in [-0.39, 0.29) is 53.2 Å². The van der Waals surface area contributed by atoms with Gasteiger partial charge in [0.05, 0.1) is 16.5 Å². The number of benzene rings is 2. The minimum atomic E-state index is -1.24. The smallest absolute Gasteiger partial charge is 0.545 e. The number of aromatic nitrogens is 1. The van der Waals surface area contributed by atoms with Crippen molar-refractivity contribution in [2.24, 2.45) is 0 Å². The molecule has 3 aromatic heterocycles. The van der Waals surface area contributed by atoms with E-state index in [0.29, 0.717) is 17.0 Å². The molecule has 0 unspecified atom stereocenters. The van der Waals surface area contributed by atoms with Crippen LogP contribution in [0.15, 0.2) is 82.6 Å². The number of carbonyl (C=O) groups is 1. The van der Waals surface area contributed by atoms with E-state index in [1.807, 2.05) is 53.9 Å². The van der Waals surface area contributed by atoms with Crippen LogP contribution in [0.3, 0.4) is 0 Å². The van der Waals surface area contributed by atoms with Gasteiger partial charge in [0.2, 0.25) is 5.88 Å². The van der Waals surface area contributed by atoms with Gasteiger partial charge in [0, 0.05) is 10.9 Å². The van der Waals surface area contributed by atoms with Gasteiger partial charge >= 0.3 is 29.6 Å². The summed E-state index contributed by atoms with van der Waals surface area (Å²) in [7, 11) is 0. The topological polar surface area (TPSA) is 99.2 Å². The van der Waals surface area contributed by atoms with E-state index >= 15 is 0 Å². The van der Waals surface area contributed by atoms with Crippen LogP contribution in [-0.2, 0) is 6.61 Å². The summed E-state index contributed by atoms with van der Waals surface area (Å²) in [4.78, 5) is 16.5. The molecule has 2 aromatic carbocycles. The van der Waals surface area contributed by atoms with Gasteiger partial charge in [0.15, 0.2) is 0 Å². The molecule has 5 aromatic rings. The van der Waals surface area contributed by atoms with E-state index in [4.69, 9.17) is 9.15 Å². The van der Waals surface area contributed by atoms with Crippen molar-refractivity contribution in [2.45, 2.75) is 6.61 Å². The van der Waals surface area contributed by atoms with Crippen LogP contribution in [0, 0.1) is 11.3 Å². The molecule has 0 atom stereocenters. The first-order valence-corrected chi connectivity index (χ1v) is 10.9. The molecule has 5 rings (SSSR count). The van der Waals surface area contributed by atoms with Gasteiger partial charge in [0.25, 0.3) is 0 Å². The zero-order valence-electron chi connectivity index (χ0n) is 18.1. The second kappa shape index (κ2) is 10.2. The molecule has 0 amide bonds. The minimum Gasteiger partial charge on any atom is -0.545 e. The fourth-order valence-electron chi connectivity index (χ4n) is 3.48. The first-order valence-electron chi connectivity index (χ1n) is 10.0. The zero-order valence-corrected chi connectivity index (χ0v) is 21.0. The van der Waals surface area contributed by atoms with Crippen LogP contribution in [0.2, 0.25) is 0 Å². The Labute approximate surface area is 221 Å². The molecule has 0 N–H and O–H groups in total. The van der Waals surface area contributed by atoms with E-state index in [9.17, 15) is 15.2 Å². The van der Waals surface area contributed by atoms with Gasteiger partial charge in [-0.05, 0) is 40.8 Å². The van der Waals surface area contributed by atoms with Crippen LogP contribution in [0.1, 0.15) is 21.5 Å². The molecule has 0 saturated carbocycles. The molecule has 0 aliphatic rings. The van der Waals surface area contributed by atoms with Crippen molar-refractivity contribution in [1.29, 1.82) is 5.26 Å². The number of para-hydroxylation sites is 1. The number of nitrogens with zero attached hydrogens (tertiary/aromatic N) is 2. The van der Waals surface area contributed by atoms with Crippen molar-refractivity contribution < 1.29 is 48.6 Å². The van der Waals surface area contributed by atoms with Gasteiger partial charge < -0.3 is 19.1 Å². The third-order valence-corrected chi connectivity index (χ3v) is 6.02. The van der Waals surface area contributed by atoms with Crippen molar-refractivity contribution in [3.63, 3.8) is 0 Å². The minimum absolute atomic E-state index is 0. The van der Waals surface area contributed by atoms with E-state index in [2.05, 4.69) is 11.1 Å². The molecule has 3 heterocycles. The normalized spacial score (nSPS) is 10.4. The monoisotopic (exact) mass is 474 g/mol. The number of aromatic carboxylic acids is 1. The third-order valence-electron chi connectivity index (χ3n) is 5.13. The molecule has 8 heteroatoms. The number of carboxylic acid groups (broad SMARTS) is 1. The van der Waals surface area contributed by atoms with E-state index in [1.165, 1.54) is 23.5 Å². The molecule has 0 bridgehead atoms. The van der Waals surface area contributed by atoms with Crippen molar-refractivity contribution in [1.82, 2.24) is 4.98 Å². The van der Waals surface area contributed by atoms with Crippen LogP contribution in [0.4, 0.5) is 0 Å². The Kier molecular flexibility index (Phi) is 7.15. The summed E-state index contributed by atoms with van der Waals surface area (Å²) >= 11 is 1.53. The molecule has 0 fully saturated rings. The summed E-state index contributed by atoms with van der Waals surface area (Å²) in [6.45, 7) is 0.114. The maximum absolute atomic E-state index is 11.0. The first kappa shape index (κ1) is 23.7. The molecule has 34 heavy (non-hydrogen) atoms. The fraction of sp³-hybridized carbons (Fsp3) is 0.0385. The van der Waals surface area contributed by atoms with Crippen molar-refractivity contribution in [3.05, 3.63) is 94.9 Å². The number of fused-ring (bicyclic) bond motifs is 1. The second-order valence-electron chi connectivity index (χ2n) is 7.25. The Bertz CT molecular complexity index is 1470. The number of hydrogen-bond acceptors (Lipinski definition) is 7. The number of furan rings is 1. The number of carboxylic acids is 1. The van der Waals surface area contributed by atoms with E-state index in [0.717, 1.165) is 21.4 Å². The molecule has 160 valence electrons. The van der Waals surface area contributed by atoms with Crippen LogP contribution < -0.4 is 39.4 Å². The summed E-state index contributed by atoms with van der Waals surface area (Å²) in [5, 5.41) is 23.8. The summed E-state index contributed by atoms with van der Waals surface area (Å²) in [5.41, 5.74) is 3.07. The van der Waals surface area contributed by atoms with Gasteiger partial charge in [0.1, 0.15) is 29.6 Å². The Hall–Kier alpha value is -3.41. The maximum atomic E-state index is 11.0. The van der Waals surface area contributed by atoms with Crippen molar-refractivity contribution in [3.8, 4) is 33.8 Å². The average Bonchev–Trinajstić information content (AvgIpc) is 3.52. The molecule has 0 saturated heterocycles. The number of carbonyl (C=O) groups excluding carboxylic acids is 1. The number of rotatable bonds is 6. The first-order chi connectivity index (χ1) is 16.1. The summed E-state index contributed by atoms with van der Waals surface area (Å²) in [5.74, 6) is -0.506. The quantitative estimate of drug-likeness (QED) is 0.349. The SMILES string of the molecule is N#Cc1c(-c2cc3ccccc3o2)cc(-c2cccs2)nc1OCc1ccc(C(=O)[O-])cc1.[Na+]. The van der Waals surface area contributed by atoms with Gasteiger partial charge in [-0.15, -0.1) is 11.3 Å². The zero-order chi connectivity index (χ0) is 22.8. The third kappa shape index (κ3) is 4.76. The average molecular weight is 474 g/mol. The number of ether oxygens (including phenoxy) is 1. The predicted octanol–water partition coefficient (Wildman–Crippen LogP) is 2.04. The van der Waals surface area contributed by atoms with Gasteiger partial charge in [-0.3, -0.25) is 0 Å². The second-order valence-corrected chi connectivity index (χ2v) is 8.19. The molecule has 6 nitrogen and oxygen atoms in total. The Morgan fingerprint density at radius 2 is 1.88 bits per heavy atom. The number of hydrogen-bond donors (Lipinski definition) is 0. The molecule has 0 spiro atoms. The standard InChI is InChI=1S/C26H16N2O4S.Na/c27-14-20-19(23-12-18-4-1-2-5-22(18)32-23)13-21(24-6-3-11-33-24)28-25(20)31-15-16-7-9-17(10-8-16)26(29)30;/h1-13H,15H2,(H,29,30);/q;+1/p-1. The molecular formula is C26H15N2NaO4S. The van der Waals surface area contributed by atoms with Crippen LogP contribution in [0.5, 0.6) is 5.88 Å². The number of pyridine rings is 1. The van der Waals surface area contributed by atoms with Crippen molar-refractivity contribution >= 4 is 28.3 Å². The van der Waals surface area contributed by atoms with E-state index < -0.39 is 5.97 Å². The summed E-state index contributed by atoms with van der Waals surface area (Å²) in [6.07, 6.45) is 0. The Morgan fingerprint density at radius 3 is 2.56 bits per heavy atom. The van der Waals surface area contributed by atoms with Crippen LogP contribution in [-0.4, -0.2) is 11.0 Å². The largest absolute Gasteiger partial charge is 1.00 e. The number of nitriles is 1. The molecule has 0 aliphatic heterocycles. The summed E-state index contributed by atoms with van der Waals surface area (Å²) < 4.78 is 12.0. The van der Waals surface area contributed by atoms with Crippen LogP contribution >= 0.6 is 11.3 Å². The predicted molar refractivity (Wildman–Crippen MR) is 123 cm³/mol. The van der Waals surface area contributed by atoms with E-state index in [1.54, 1.807) is 12.1 Å². The van der Waals surface area contributed by atoms with Gasteiger partial charge in [-0.2, -0.15) is 5.26 Å². The molecule has 0 radical (unpaired) electrons. The number of thiophene rings is 1.